The van der Waals surface area contributed by atoms with Gasteiger partial charge in [0.1, 0.15) is 6.42 Å². The molecule has 1 rings (SSSR count). The second-order valence-electron chi connectivity index (χ2n) is 4.52. The van der Waals surface area contributed by atoms with Gasteiger partial charge in [0.2, 0.25) is 5.91 Å². The third-order valence-corrected chi connectivity index (χ3v) is 2.69. The minimum Gasteiger partial charge on any atom is -0.466 e. The van der Waals surface area contributed by atoms with Crippen LogP contribution in [0.2, 0.25) is 0 Å². The predicted octanol–water partition coefficient (Wildman–Crippen LogP) is 2.32. The number of amides is 1. The Bertz CT molecular complexity index is 492. The van der Waals surface area contributed by atoms with E-state index < -0.39 is 24.5 Å². The lowest BCUT2D eigenvalue weighted by molar-refractivity contribution is -0.162. The first-order valence-corrected chi connectivity index (χ1v) is 6.71. The van der Waals surface area contributed by atoms with Crippen molar-refractivity contribution >= 4 is 11.9 Å². The molecule has 22 heavy (non-hydrogen) atoms. The summed E-state index contributed by atoms with van der Waals surface area (Å²) >= 11 is 0. The van der Waals surface area contributed by atoms with Gasteiger partial charge in [-0.2, -0.15) is 13.2 Å². The summed E-state index contributed by atoms with van der Waals surface area (Å²) in [6.45, 7) is 1.63. The molecule has 0 unspecified atom stereocenters. The molecule has 122 valence electrons. The highest BCUT2D eigenvalue weighted by atomic mass is 19.4. The molecule has 8 heteroatoms. The lowest BCUT2D eigenvalue weighted by atomic mass is 10.2. The average Bonchev–Trinajstić information content (AvgIpc) is 2.43. The fourth-order valence-electron chi connectivity index (χ4n) is 1.75. The Morgan fingerprint density at radius 1 is 1.36 bits per heavy atom. The van der Waals surface area contributed by atoms with Gasteiger partial charge in [0.15, 0.2) is 0 Å². The van der Waals surface area contributed by atoms with Crippen molar-refractivity contribution in [1.82, 2.24) is 9.88 Å². The van der Waals surface area contributed by atoms with Gasteiger partial charge in [-0.3, -0.25) is 14.6 Å². The summed E-state index contributed by atoms with van der Waals surface area (Å²) in [5, 5.41) is 0. The van der Waals surface area contributed by atoms with Gasteiger partial charge in [-0.05, 0) is 18.6 Å². The Hall–Kier alpha value is -2.12. The predicted molar refractivity (Wildman–Crippen MR) is 71.6 cm³/mol. The number of halogens is 3. The van der Waals surface area contributed by atoms with Gasteiger partial charge in [0.25, 0.3) is 0 Å². The van der Waals surface area contributed by atoms with Gasteiger partial charge >= 0.3 is 12.1 Å². The van der Waals surface area contributed by atoms with Crippen LogP contribution in [0.3, 0.4) is 0 Å². The molecule has 1 aromatic heterocycles. The number of carbonyl (C=O) groups is 2. The lowest BCUT2D eigenvalue weighted by Crippen LogP contribution is -2.35. The number of alkyl halides is 3. The second-order valence-corrected chi connectivity index (χ2v) is 4.52. The molecule has 0 spiro atoms. The summed E-state index contributed by atoms with van der Waals surface area (Å²) in [5.41, 5.74) is 0.585. The van der Waals surface area contributed by atoms with Crippen molar-refractivity contribution in [2.24, 2.45) is 0 Å². The maximum Gasteiger partial charge on any atom is 0.397 e. The fourth-order valence-corrected chi connectivity index (χ4v) is 1.75. The van der Waals surface area contributed by atoms with Crippen LogP contribution < -0.4 is 0 Å². The quantitative estimate of drug-likeness (QED) is 0.724. The Balaban J connectivity index is 2.71. The maximum atomic E-state index is 12.4. The van der Waals surface area contributed by atoms with Crippen LogP contribution >= 0.6 is 0 Å². The SMILES string of the molecule is CCOC(=O)CCN(Cc1cccnc1)C(=O)CC(F)(F)F. The third-order valence-electron chi connectivity index (χ3n) is 2.69. The molecule has 0 N–H and O–H groups in total. The topological polar surface area (TPSA) is 59.5 Å². The number of nitrogens with zero attached hydrogens (tertiary/aromatic N) is 2. The molecule has 0 aromatic carbocycles. The first-order chi connectivity index (χ1) is 10.3. The van der Waals surface area contributed by atoms with E-state index in [9.17, 15) is 22.8 Å². The standard InChI is InChI=1S/C14H17F3N2O3/c1-2-22-13(21)5-7-19(12(20)8-14(15,16)17)10-11-4-3-6-18-9-11/h3-4,6,9H,2,5,7-8,10H2,1H3. The monoisotopic (exact) mass is 318 g/mol. The Kier molecular flexibility index (Phi) is 6.81. The van der Waals surface area contributed by atoms with E-state index >= 15 is 0 Å². The number of hydrogen-bond acceptors (Lipinski definition) is 4. The molecule has 0 radical (unpaired) electrons. The summed E-state index contributed by atoms with van der Waals surface area (Å²) in [6.07, 6.45) is -3.33. The Labute approximate surface area is 126 Å². The van der Waals surface area contributed by atoms with Crippen LogP contribution in [0.1, 0.15) is 25.3 Å². The Morgan fingerprint density at radius 2 is 2.09 bits per heavy atom. The first-order valence-electron chi connectivity index (χ1n) is 6.71. The zero-order chi connectivity index (χ0) is 16.6. The molecule has 0 aliphatic heterocycles. The molecule has 1 amide bonds. The van der Waals surface area contributed by atoms with E-state index in [4.69, 9.17) is 4.74 Å². The number of pyridine rings is 1. The fraction of sp³-hybridized carbons (Fsp3) is 0.500. The van der Waals surface area contributed by atoms with Gasteiger partial charge in [0, 0.05) is 25.5 Å². The number of hydrogen-bond donors (Lipinski definition) is 0. The largest absolute Gasteiger partial charge is 0.466 e. The molecule has 0 atom stereocenters. The van der Waals surface area contributed by atoms with E-state index in [0.717, 1.165) is 4.90 Å². The van der Waals surface area contributed by atoms with Gasteiger partial charge in [0.05, 0.1) is 13.0 Å². The number of esters is 1. The third kappa shape index (κ3) is 7.05. The van der Waals surface area contributed by atoms with Crippen molar-refractivity contribution in [3.63, 3.8) is 0 Å². The van der Waals surface area contributed by atoms with Gasteiger partial charge in [-0.1, -0.05) is 6.07 Å². The molecule has 0 aliphatic rings. The lowest BCUT2D eigenvalue weighted by Gasteiger charge is -2.23. The molecule has 1 aromatic rings. The van der Waals surface area contributed by atoms with Crippen molar-refractivity contribution < 1.29 is 27.5 Å². The van der Waals surface area contributed by atoms with Crippen LogP contribution in [0.25, 0.3) is 0 Å². The van der Waals surface area contributed by atoms with Gasteiger partial charge < -0.3 is 9.64 Å². The Morgan fingerprint density at radius 3 is 2.64 bits per heavy atom. The van der Waals surface area contributed by atoms with Crippen LogP contribution in [0.4, 0.5) is 13.2 Å². The number of carbonyl (C=O) groups excluding carboxylic acids is 2. The molecule has 0 aliphatic carbocycles. The highest BCUT2D eigenvalue weighted by Crippen LogP contribution is 2.21. The zero-order valence-electron chi connectivity index (χ0n) is 12.1. The van der Waals surface area contributed by atoms with E-state index in [1.54, 1.807) is 19.1 Å². The van der Waals surface area contributed by atoms with Crippen molar-refractivity contribution in [3.8, 4) is 0 Å². The molecule has 0 bridgehead atoms. The minimum atomic E-state index is -4.59. The summed E-state index contributed by atoms with van der Waals surface area (Å²) < 4.78 is 41.8. The normalized spacial score (nSPS) is 11.1. The summed E-state index contributed by atoms with van der Waals surface area (Å²) in [4.78, 5) is 27.9. The van der Waals surface area contributed by atoms with Crippen molar-refractivity contribution in [1.29, 1.82) is 0 Å². The van der Waals surface area contributed by atoms with Crippen LogP contribution in [0.15, 0.2) is 24.5 Å². The smallest absolute Gasteiger partial charge is 0.397 e. The maximum absolute atomic E-state index is 12.4. The van der Waals surface area contributed by atoms with Crippen molar-refractivity contribution in [2.45, 2.75) is 32.5 Å². The summed E-state index contributed by atoms with van der Waals surface area (Å²) in [5.74, 6) is -1.64. The summed E-state index contributed by atoms with van der Waals surface area (Å²) in [6, 6.07) is 3.26. The highest BCUT2D eigenvalue weighted by molar-refractivity contribution is 5.77. The van der Waals surface area contributed by atoms with Crippen molar-refractivity contribution in [3.05, 3.63) is 30.1 Å². The highest BCUT2D eigenvalue weighted by Gasteiger charge is 2.33. The molecule has 0 fully saturated rings. The van der Waals surface area contributed by atoms with E-state index in [-0.39, 0.29) is 26.1 Å². The van der Waals surface area contributed by atoms with E-state index in [2.05, 4.69) is 4.98 Å². The summed E-state index contributed by atoms with van der Waals surface area (Å²) in [7, 11) is 0. The number of ether oxygens (including phenoxy) is 1. The molecule has 0 saturated heterocycles. The van der Waals surface area contributed by atoms with Gasteiger partial charge in [-0.25, -0.2) is 0 Å². The molecule has 1 heterocycles. The van der Waals surface area contributed by atoms with Crippen LogP contribution in [0.5, 0.6) is 0 Å². The van der Waals surface area contributed by atoms with Crippen LogP contribution in [0, 0.1) is 0 Å². The average molecular weight is 318 g/mol. The van der Waals surface area contributed by atoms with Crippen LogP contribution in [-0.4, -0.2) is 41.1 Å². The van der Waals surface area contributed by atoms with Crippen molar-refractivity contribution in [2.75, 3.05) is 13.2 Å². The minimum absolute atomic E-state index is 0.0395. The molecular weight excluding hydrogens is 301 g/mol. The van der Waals surface area contributed by atoms with E-state index in [1.165, 1.54) is 12.4 Å². The molecular formula is C14H17F3N2O3. The molecule has 0 saturated carbocycles. The molecule has 5 nitrogen and oxygen atoms in total. The number of rotatable bonds is 7. The van der Waals surface area contributed by atoms with E-state index in [1.807, 2.05) is 0 Å². The second kappa shape index (κ2) is 8.35. The first kappa shape index (κ1) is 17.9. The zero-order valence-corrected chi connectivity index (χ0v) is 12.1. The van der Waals surface area contributed by atoms with Crippen LogP contribution in [-0.2, 0) is 20.9 Å². The number of aromatic nitrogens is 1. The van der Waals surface area contributed by atoms with E-state index in [0.29, 0.717) is 5.56 Å². The van der Waals surface area contributed by atoms with Gasteiger partial charge in [-0.15, -0.1) is 0 Å².